The lowest BCUT2D eigenvalue weighted by Gasteiger charge is -2.33. The van der Waals surface area contributed by atoms with Gasteiger partial charge in [0.05, 0.1) is 6.04 Å². The van der Waals surface area contributed by atoms with E-state index in [0.29, 0.717) is 45.5 Å². The van der Waals surface area contributed by atoms with Gasteiger partial charge in [-0.25, -0.2) is 9.59 Å². The van der Waals surface area contributed by atoms with Crippen LogP contribution in [-0.2, 0) is 20.7 Å². The molecule has 164 valence electrons. The van der Waals surface area contributed by atoms with Crippen LogP contribution >= 0.6 is 0 Å². The molecule has 2 aliphatic rings. The van der Waals surface area contributed by atoms with Gasteiger partial charge in [-0.05, 0) is 45.6 Å². The van der Waals surface area contributed by atoms with E-state index in [-0.39, 0.29) is 29.9 Å². The molecule has 2 amide bonds. The summed E-state index contributed by atoms with van der Waals surface area (Å²) in [4.78, 5) is 40.4. The quantitative estimate of drug-likeness (QED) is 0.707. The molecule has 30 heavy (non-hydrogen) atoms. The van der Waals surface area contributed by atoms with Crippen LogP contribution in [-0.4, -0.2) is 65.7 Å². The molecule has 0 radical (unpaired) electrons. The smallest absolute Gasteiger partial charge is 0.410 e. The van der Waals surface area contributed by atoms with Crippen LogP contribution in [0.15, 0.2) is 30.3 Å². The summed E-state index contributed by atoms with van der Waals surface area (Å²) < 4.78 is 10.6. The first kappa shape index (κ1) is 22.1. The topological polar surface area (TPSA) is 76.2 Å². The fourth-order valence-corrected chi connectivity index (χ4v) is 3.96. The van der Waals surface area contributed by atoms with Crippen molar-refractivity contribution >= 4 is 18.0 Å². The highest BCUT2D eigenvalue weighted by molar-refractivity contribution is 5.82. The lowest BCUT2D eigenvalue weighted by molar-refractivity contribution is -0.124. The molecule has 1 atom stereocenters. The van der Waals surface area contributed by atoms with Crippen LogP contribution < -0.4 is 0 Å². The third-order valence-electron chi connectivity index (χ3n) is 5.59. The zero-order valence-corrected chi connectivity index (χ0v) is 18.1. The van der Waals surface area contributed by atoms with E-state index in [9.17, 15) is 14.4 Å². The van der Waals surface area contributed by atoms with Gasteiger partial charge >= 0.3 is 12.2 Å². The summed E-state index contributed by atoms with van der Waals surface area (Å²) >= 11 is 0. The van der Waals surface area contributed by atoms with Crippen LogP contribution in [0.2, 0.25) is 0 Å². The van der Waals surface area contributed by atoms with Crippen LogP contribution in [0, 0.1) is 5.92 Å². The molecule has 0 bridgehead atoms. The molecule has 0 spiro atoms. The van der Waals surface area contributed by atoms with Gasteiger partial charge in [0.2, 0.25) is 0 Å². The highest BCUT2D eigenvalue weighted by Crippen LogP contribution is 2.23. The molecule has 1 aromatic carbocycles. The van der Waals surface area contributed by atoms with E-state index in [1.165, 1.54) is 0 Å². The SMILES string of the molecule is CC(C)(C)OC(=O)N1CCC(C(=O)CCN2C(=O)OC[C@@H]2Cc2ccccc2)CC1. The minimum absolute atomic E-state index is 0.0401. The van der Waals surface area contributed by atoms with Crippen LogP contribution in [0.1, 0.15) is 45.6 Å². The fraction of sp³-hybridized carbons (Fsp3) is 0.609. The molecule has 0 unspecified atom stereocenters. The first-order valence-corrected chi connectivity index (χ1v) is 10.7. The molecule has 7 nitrogen and oxygen atoms in total. The van der Waals surface area contributed by atoms with Crippen molar-refractivity contribution in [1.29, 1.82) is 0 Å². The number of rotatable bonds is 6. The van der Waals surface area contributed by atoms with E-state index in [0.717, 1.165) is 12.0 Å². The van der Waals surface area contributed by atoms with Gasteiger partial charge in [0.1, 0.15) is 18.0 Å². The third-order valence-corrected chi connectivity index (χ3v) is 5.59. The van der Waals surface area contributed by atoms with Crippen LogP contribution in [0.25, 0.3) is 0 Å². The second-order valence-electron chi connectivity index (χ2n) is 9.07. The van der Waals surface area contributed by atoms with Gasteiger partial charge in [-0.2, -0.15) is 0 Å². The van der Waals surface area contributed by atoms with E-state index in [2.05, 4.69) is 0 Å². The molecular weight excluding hydrogens is 384 g/mol. The van der Waals surface area contributed by atoms with Crippen LogP contribution in [0.5, 0.6) is 0 Å². The predicted octanol–water partition coefficient (Wildman–Crippen LogP) is 3.66. The number of hydrogen-bond donors (Lipinski definition) is 0. The van der Waals surface area contributed by atoms with Gasteiger partial charge in [-0.1, -0.05) is 30.3 Å². The average Bonchev–Trinajstić information content (AvgIpc) is 3.05. The van der Waals surface area contributed by atoms with Gasteiger partial charge < -0.3 is 19.3 Å². The lowest BCUT2D eigenvalue weighted by atomic mass is 9.91. The number of hydrogen-bond acceptors (Lipinski definition) is 5. The molecule has 2 aliphatic heterocycles. The second kappa shape index (κ2) is 9.49. The predicted molar refractivity (Wildman–Crippen MR) is 112 cm³/mol. The highest BCUT2D eigenvalue weighted by Gasteiger charge is 2.34. The molecule has 2 saturated heterocycles. The maximum Gasteiger partial charge on any atom is 0.410 e. The first-order valence-electron chi connectivity index (χ1n) is 10.7. The summed E-state index contributed by atoms with van der Waals surface area (Å²) in [5.41, 5.74) is 0.622. The maximum atomic E-state index is 12.7. The number of nitrogens with zero attached hydrogens (tertiary/aromatic N) is 2. The van der Waals surface area contributed by atoms with E-state index in [4.69, 9.17) is 9.47 Å². The maximum absolute atomic E-state index is 12.7. The Balaban J connectivity index is 1.46. The van der Waals surface area contributed by atoms with E-state index < -0.39 is 5.60 Å². The Morgan fingerprint density at radius 2 is 1.80 bits per heavy atom. The minimum atomic E-state index is -0.523. The van der Waals surface area contributed by atoms with Crippen LogP contribution in [0.4, 0.5) is 9.59 Å². The Kier molecular flexibility index (Phi) is 7.00. The number of cyclic esters (lactones) is 1. The summed E-state index contributed by atoms with van der Waals surface area (Å²) in [6, 6.07) is 9.94. The standard InChI is InChI=1S/C23H32N2O5/c1-23(2,3)30-21(27)24-12-9-18(10-13-24)20(26)11-14-25-19(16-29-22(25)28)15-17-7-5-4-6-8-17/h4-8,18-19H,9-16H2,1-3H3/t19-/m0/s1. The fourth-order valence-electron chi connectivity index (χ4n) is 3.96. The summed E-state index contributed by atoms with van der Waals surface area (Å²) in [5, 5.41) is 0. The average molecular weight is 417 g/mol. The highest BCUT2D eigenvalue weighted by atomic mass is 16.6. The summed E-state index contributed by atoms with van der Waals surface area (Å²) in [5.74, 6) is 0.0758. The summed E-state index contributed by atoms with van der Waals surface area (Å²) in [7, 11) is 0. The largest absolute Gasteiger partial charge is 0.447 e. The number of carbonyl (C=O) groups excluding carboxylic acids is 3. The molecule has 7 heteroatoms. The number of likely N-dealkylation sites (tertiary alicyclic amines) is 1. The lowest BCUT2D eigenvalue weighted by Crippen LogP contribution is -2.43. The Bertz CT molecular complexity index is 751. The molecular formula is C23H32N2O5. The van der Waals surface area contributed by atoms with Gasteiger partial charge in [-0.3, -0.25) is 4.79 Å². The number of carbonyl (C=O) groups is 3. The van der Waals surface area contributed by atoms with Gasteiger partial charge in [-0.15, -0.1) is 0 Å². The Morgan fingerprint density at radius 1 is 1.13 bits per heavy atom. The molecule has 0 saturated carbocycles. The zero-order chi connectivity index (χ0) is 21.7. The van der Waals surface area contributed by atoms with Gasteiger partial charge in [0.15, 0.2) is 0 Å². The molecule has 3 rings (SSSR count). The number of ether oxygens (including phenoxy) is 2. The van der Waals surface area contributed by atoms with E-state index in [1.807, 2.05) is 51.1 Å². The molecule has 2 fully saturated rings. The second-order valence-corrected chi connectivity index (χ2v) is 9.07. The number of ketones is 1. The number of Topliss-reactive ketones (excluding diaryl/α,β-unsaturated/α-hetero) is 1. The van der Waals surface area contributed by atoms with Crippen molar-refractivity contribution in [2.45, 2.75) is 58.1 Å². The minimum Gasteiger partial charge on any atom is -0.447 e. The number of benzene rings is 1. The van der Waals surface area contributed by atoms with E-state index >= 15 is 0 Å². The van der Waals surface area contributed by atoms with Crippen molar-refractivity contribution in [2.24, 2.45) is 5.92 Å². The van der Waals surface area contributed by atoms with Gasteiger partial charge in [0, 0.05) is 32.0 Å². The molecule has 2 heterocycles. The Hall–Kier alpha value is -2.57. The molecule has 1 aromatic rings. The van der Waals surface area contributed by atoms with Crippen LogP contribution in [0.3, 0.4) is 0 Å². The molecule has 0 aromatic heterocycles. The summed E-state index contributed by atoms with van der Waals surface area (Å²) in [6.45, 7) is 7.31. The van der Waals surface area contributed by atoms with Gasteiger partial charge in [0.25, 0.3) is 0 Å². The summed E-state index contributed by atoms with van der Waals surface area (Å²) in [6.07, 6.45) is 1.64. The van der Waals surface area contributed by atoms with Crippen molar-refractivity contribution in [3.8, 4) is 0 Å². The van der Waals surface area contributed by atoms with Crippen molar-refractivity contribution in [1.82, 2.24) is 9.80 Å². The van der Waals surface area contributed by atoms with Crippen molar-refractivity contribution in [3.05, 3.63) is 35.9 Å². The third kappa shape index (κ3) is 5.97. The molecule has 0 aliphatic carbocycles. The Morgan fingerprint density at radius 3 is 2.43 bits per heavy atom. The zero-order valence-electron chi connectivity index (χ0n) is 18.1. The first-order chi connectivity index (χ1) is 14.2. The molecule has 0 N–H and O–H groups in total. The van der Waals surface area contributed by atoms with E-state index in [1.54, 1.807) is 9.80 Å². The normalized spacial score (nSPS) is 20.2. The van der Waals surface area contributed by atoms with Crippen molar-refractivity contribution < 1.29 is 23.9 Å². The Labute approximate surface area is 178 Å². The number of piperidine rings is 1. The van der Waals surface area contributed by atoms with Crippen molar-refractivity contribution in [2.75, 3.05) is 26.2 Å². The van der Waals surface area contributed by atoms with Crippen molar-refractivity contribution in [3.63, 3.8) is 0 Å². The number of amides is 2. The monoisotopic (exact) mass is 416 g/mol.